The maximum atomic E-state index is 13.2. The van der Waals surface area contributed by atoms with E-state index in [1.165, 1.54) is 12.1 Å². The third-order valence-corrected chi connectivity index (χ3v) is 4.27. The maximum absolute atomic E-state index is 13.2. The number of hydrogen-bond donors (Lipinski definition) is 1. The number of halogens is 1. The Kier molecular flexibility index (Phi) is 5.24. The molecular formula is C22H20FNO. The van der Waals surface area contributed by atoms with Crippen LogP contribution in [0.1, 0.15) is 24.0 Å². The van der Waals surface area contributed by atoms with E-state index in [1.54, 1.807) is 12.1 Å². The molecule has 0 spiro atoms. The number of carbonyl (C=O) groups excluding carboxylic acids is 1. The highest BCUT2D eigenvalue weighted by Crippen LogP contribution is 2.22. The molecule has 0 fully saturated rings. The fourth-order valence-corrected chi connectivity index (χ4v) is 2.74. The van der Waals surface area contributed by atoms with E-state index >= 15 is 0 Å². The average molecular weight is 333 g/mol. The largest absolute Gasteiger partial charge is 0.352 e. The fourth-order valence-electron chi connectivity index (χ4n) is 2.74. The Morgan fingerprint density at radius 1 is 0.920 bits per heavy atom. The molecule has 1 N–H and O–H groups in total. The molecule has 0 saturated heterocycles. The molecule has 0 saturated carbocycles. The minimum absolute atomic E-state index is 0.0725. The van der Waals surface area contributed by atoms with Crippen molar-refractivity contribution in [1.29, 1.82) is 0 Å². The van der Waals surface area contributed by atoms with Gasteiger partial charge in [0.1, 0.15) is 5.82 Å². The van der Waals surface area contributed by atoms with Gasteiger partial charge in [0.15, 0.2) is 0 Å². The van der Waals surface area contributed by atoms with Crippen molar-refractivity contribution in [1.82, 2.24) is 5.32 Å². The number of benzene rings is 3. The van der Waals surface area contributed by atoms with Crippen LogP contribution >= 0.6 is 0 Å². The van der Waals surface area contributed by atoms with E-state index in [4.69, 9.17) is 0 Å². The zero-order valence-corrected chi connectivity index (χ0v) is 14.1. The fraction of sp³-hybridized carbons (Fsp3) is 0.136. The van der Waals surface area contributed by atoms with Gasteiger partial charge in [0.05, 0.1) is 5.92 Å². The number of nitrogens with one attached hydrogen (secondary N) is 1. The molecule has 3 aromatic carbocycles. The zero-order valence-electron chi connectivity index (χ0n) is 14.1. The van der Waals surface area contributed by atoms with Crippen LogP contribution in [0, 0.1) is 5.82 Å². The standard InChI is InChI=1S/C22H20FNO/c1-16(22(25)24-15-17-6-5-9-21(23)14-17)18-10-12-20(13-11-18)19-7-3-2-4-8-19/h2-14,16H,15H2,1H3,(H,24,25). The van der Waals surface area contributed by atoms with Crippen LogP contribution in [-0.2, 0) is 11.3 Å². The van der Waals surface area contributed by atoms with Crippen molar-refractivity contribution in [3.05, 3.63) is 95.8 Å². The Balaban J connectivity index is 1.64. The summed E-state index contributed by atoms with van der Waals surface area (Å²) in [7, 11) is 0. The van der Waals surface area contributed by atoms with E-state index in [9.17, 15) is 9.18 Å². The summed E-state index contributed by atoms with van der Waals surface area (Å²) in [6, 6.07) is 24.4. The lowest BCUT2D eigenvalue weighted by Gasteiger charge is -2.13. The topological polar surface area (TPSA) is 29.1 Å². The summed E-state index contributed by atoms with van der Waals surface area (Å²) in [4.78, 5) is 12.4. The first kappa shape index (κ1) is 16.9. The van der Waals surface area contributed by atoms with Crippen LogP contribution in [0.4, 0.5) is 4.39 Å². The van der Waals surface area contributed by atoms with Gasteiger partial charge in [0, 0.05) is 6.54 Å². The SMILES string of the molecule is CC(C(=O)NCc1cccc(F)c1)c1ccc(-c2ccccc2)cc1. The molecule has 3 aromatic rings. The summed E-state index contributed by atoms with van der Waals surface area (Å²) in [6.07, 6.45) is 0. The highest BCUT2D eigenvalue weighted by Gasteiger charge is 2.15. The van der Waals surface area contributed by atoms with Crippen LogP contribution < -0.4 is 5.32 Å². The van der Waals surface area contributed by atoms with Crippen molar-refractivity contribution >= 4 is 5.91 Å². The Morgan fingerprint density at radius 2 is 1.60 bits per heavy atom. The maximum Gasteiger partial charge on any atom is 0.227 e. The van der Waals surface area contributed by atoms with Gasteiger partial charge in [0.2, 0.25) is 5.91 Å². The number of rotatable bonds is 5. The van der Waals surface area contributed by atoms with Crippen molar-refractivity contribution in [3.8, 4) is 11.1 Å². The molecule has 3 rings (SSSR count). The van der Waals surface area contributed by atoms with E-state index in [0.717, 1.165) is 22.3 Å². The lowest BCUT2D eigenvalue weighted by molar-refractivity contribution is -0.122. The van der Waals surface area contributed by atoms with Crippen LogP contribution in [0.3, 0.4) is 0 Å². The van der Waals surface area contributed by atoms with Gasteiger partial charge in [0.25, 0.3) is 0 Å². The van der Waals surface area contributed by atoms with Gasteiger partial charge in [-0.05, 0) is 41.3 Å². The van der Waals surface area contributed by atoms with E-state index < -0.39 is 0 Å². The first-order chi connectivity index (χ1) is 12.1. The first-order valence-electron chi connectivity index (χ1n) is 8.31. The van der Waals surface area contributed by atoms with Gasteiger partial charge in [-0.25, -0.2) is 4.39 Å². The van der Waals surface area contributed by atoms with E-state index in [2.05, 4.69) is 17.4 Å². The van der Waals surface area contributed by atoms with Gasteiger partial charge < -0.3 is 5.32 Å². The van der Waals surface area contributed by atoms with Gasteiger partial charge in [-0.15, -0.1) is 0 Å². The minimum Gasteiger partial charge on any atom is -0.352 e. The molecule has 126 valence electrons. The molecule has 0 bridgehead atoms. The summed E-state index contributed by atoms with van der Waals surface area (Å²) in [5.74, 6) is -0.633. The molecule has 1 atom stereocenters. The molecule has 0 aliphatic heterocycles. The summed E-state index contributed by atoms with van der Waals surface area (Å²) >= 11 is 0. The zero-order chi connectivity index (χ0) is 17.6. The second-order valence-electron chi connectivity index (χ2n) is 6.06. The van der Waals surface area contributed by atoms with Gasteiger partial charge in [-0.3, -0.25) is 4.79 Å². The van der Waals surface area contributed by atoms with Gasteiger partial charge >= 0.3 is 0 Å². The summed E-state index contributed by atoms with van der Waals surface area (Å²) in [5, 5.41) is 2.87. The Hall–Kier alpha value is -2.94. The molecule has 0 radical (unpaired) electrons. The molecule has 0 aliphatic carbocycles. The van der Waals surface area contributed by atoms with E-state index in [0.29, 0.717) is 6.54 Å². The predicted octanol–water partition coefficient (Wildman–Crippen LogP) is 4.91. The highest BCUT2D eigenvalue weighted by atomic mass is 19.1. The van der Waals surface area contributed by atoms with Crippen molar-refractivity contribution in [3.63, 3.8) is 0 Å². The molecule has 0 aliphatic rings. The van der Waals surface area contributed by atoms with Crippen LogP contribution in [0.25, 0.3) is 11.1 Å². The third-order valence-electron chi connectivity index (χ3n) is 4.27. The van der Waals surface area contributed by atoms with Crippen LogP contribution in [0.5, 0.6) is 0 Å². The number of amides is 1. The lowest BCUT2D eigenvalue weighted by Crippen LogP contribution is -2.27. The second kappa shape index (κ2) is 7.75. The predicted molar refractivity (Wildman–Crippen MR) is 98.5 cm³/mol. The van der Waals surface area contributed by atoms with E-state index in [1.807, 2.05) is 49.4 Å². The Labute approximate surface area is 147 Å². The molecule has 1 amide bonds. The molecular weight excluding hydrogens is 313 g/mol. The van der Waals surface area contributed by atoms with Crippen molar-refractivity contribution < 1.29 is 9.18 Å². The molecule has 2 nitrogen and oxygen atoms in total. The summed E-state index contributed by atoms with van der Waals surface area (Å²) < 4.78 is 13.2. The molecule has 3 heteroatoms. The van der Waals surface area contributed by atoms with Crippen molar-refractivity contribution in [2.75, 3.05) is 0 Å². The summed E-state index contributed by atoms with van der Waals surface area (Å²) in [6.45, 7) is 2.20. The van der Waals surface area contributed by atoms with Crippen LogP contribution in [0.15, 0.2) is 78.9 Å². The van der Waals surface area contributed by atoms with Crippen LogP contribution in [0.2, 0.25) is 0 Å². The lowest BCUT2D eigenvalue weighted by atomic mass is 9.97. The Morgan fingerprint density at radius 3 is 2.28 bits per heavy atom. The molecule has 0 aromatic heterocycles. The summed E-state index contributed by atoms with van der Waals surface area (Å²) in [5.41, 5.74) is 3.98. The number of hydrogen-bond acceptors (Lipinski definition) is 1. The highest BCUT2D eigenvalue weighted by molar-refractivity contribution is 5.83. The normalized spacial score (nSPS) is 11.8. The Bertz CT molecular complexity index is 843. The molecule has 0 heterocycles. The van der Waals surface area contributed by atoms with Crippen molar-refractivity contribution in [2.45, 2.75) is 19.4 Å². The third kappa shape index (κ3) is 4.32. The van der Waals surface area contributed by atoms with E-state index in [-0.39, 0.29) is 17.6 Å². The van der Waals surface area contributed by atoms with Crippen molar-refractivity contribution in [2.24, 2.45) is 0 Å². The monoisotopic (exact) mass is 333 g/mol. The first-order valence-corrected chi connectivity index (χ1v) is 8.31. The number of carbonyl (C=O) groups is 1. The molecule has 1 unspecified atom stereocenters. The van der Waals surface area contributed by atoms with Crippen LogP contribution in [-0.4, -0.2) is 5.91 Å². The average Bonchev–Trinajstić information content (AvgIpc) is 2.66. The smallest absolute Gasteiger partial charge is 0.227 e. The second-order valence-corrected chi connectivity index (χ2v) is 6.06. The minimum atomic E-state index is -0.295. The molecule has 25 heavy (non-hydrogen) atoms. The van der Waals surface area contributed by atoms with Gasteiger partial charge in [-0.1, -0.05) is 66.7 Å². The quantitative estimate of drug-likeness (QED) is 0.706. The van der Waals surface area contributed by atoms with Gasteiger partial charge in [-0.2, -0.15) is 0 Å².